The molecular formula is C12H14N2O4S. The predicted molar refractivity (Wildman–Crippen MR) is 71.5 cm³/mol. The number of carboxylic acid groups (broad SMARTS) is 1. The van der Waals surface area contributed by atoms with E-state index in [1.807, 2.05) is 0 Å². The summed E-state index contributed by atoms with van der Waals surface area (Å²) in [6.45, 7) is 1.64. The molecule has 0 radical (unpaired) electrons. The third-order valence-electron chi connectivity index (χ3n) is 2.05. The Morgan fingerprint density at radius 2 is 2.11 bits per heavy atom. The number of hydrogen-bond acceptors (Lipinski definition) is 4. The lowest BCUT2D eigenvalue weighted by Crippen LogP contribution is -2.35. The maximum absolute atomic E-state index is 11.3. The van der Waals surface area contributed by atoms with Gasteiger partial charge in [-0.3, -0.25) is 9.59 Å². The molecule has 0 aliphatic carbocycles. The lowest BCUT2D eigenvalue weighted by Gasteiger charge is -2.03. The number of carboxylic acids is 1. The number of aliphatic carboxylic acids is 1. The lowest BCUT2D eigenvalue weighted by atomic mass is 10.3. The van der Waals surface area contributed by atoms with Gasteiger partial charge in [0, 0.05) is 17.9 Å². The summed E-state index contributed by atoms with van der Waals surface area (Å²) < 4.78 is 0. The van der Waals surface area contributed by atoms with Crippen molar-refractivity contribution in [1.29, 1.82) is 0 Å². The zero-order chi connectivity index (χ0) is 14.3. The van der Waals surface area contributed by atoms with Crippen molar-refractivity contribution in [2.24, 2.45) is 0 Å². The fourth-order valence-electron chi connectivity index (χ4n) is 1.20. The molecule has 1 rings (SSSR count). The van der Waals surface area contributed by atoms with Gasteiger partial charge in [-0.2, -0.15) is 0 Å². The Bertz CT molecular complexity index is 508. The maximum atomic E-state index is 11.3. The van der Waals surface area contributed by atoms with Crippen LogP contribution in [0.1, 0.15) is 17.4 Å². The molecule has 6 nitrogen and oxygen atoms in total. The minimum absolute atomic E-state index is 0.0491. The second-order valence-electron chi connectivity index (χ2n) is 3.70. The minimum atomic E-state index is -1.00. The number of carbonyl (C=O) groups excluding carboxylic acids is 2. The van der Waals surface area contributed by atoms with Crippen molar-refractivity contribution < 1.29 is 19.5 Å². The van der Waals surface area contributed by atoms with E-state index in [0.29, 0.717) is 6.54 Å². The molecular weight excluding hydrogens is 268 g/mol. The highest BCUT2D eigenvalue weighted by Crippen LogP contribution is 2.15. The first-order chi connectivity index (χ1) is 8.97. The van der Waals surface area contributed by atoms with Gasteiger partial charge in [-0.1, -0.05) is 0 Å². The van der Waals surface area contributed by atoms with Crippen LogP contribution < -0.4 is 10.6 Å². The zero-order valence-corrected chi connectivity index (χ0v) is 11.1. The van der Waals surface area contributed by atoms with Gasteiger partial charge in [0.1, 0.15) is 0 Å². The molecule has 0 atom stereocenters. The molecule has 0 aromatic carbocycles. The number of rotatable bonds is 6. The van der Waals surface area contributed by atoms with Crippen LogP contribution in [0.2, 0.25) is 0 Å². The third-order valence-corrected chi connectivity index (χ3v) is 3.01. The fraction of sp³-hybridized carbons (Fsp3) is 0.250. The van der Waals surface area contributed by atoms with Crippen LogP contribution in [0.25, 0.3) is 6.08 Å². The van der Waals surface area contributed by atoms with E-state index in [9.17, 15) is 14.4 Å². The van der Waals surface area contributed by atoms with Gasteiger partial charge in [0.25, 0.3) is 0 Å². The van der Waals surface area contributed by atoms with E-state index in [2.05, 4.69) is 10.6 Å². The first-order valence-corrected chi connectivity index (χ1v) is 6.35. The molecule has 2 amide bonds. The molecule has 0 saturated carbocycles. The van der Waals surface area contributed by atoms with Gasteiger partial charge in [0.05, 0.1) is 13.1 Å². The molecule has 0 aliphatic rings. The second-order valence-corrected chi connectivity index (χ2v) is 4.70. The molecule has 1 aromatic rings. The van der Waals surface area contributed by atoms with Gasteiger partial charge >= 0.3 is 5.97 Å². The summed E-state index contributed by atoms with van der Waals surface area (Å²) in [5.41, 5.74) is 0.776. The molecule has 0 spiro atoms. The van der Waals surface area contributed by atoms with Crippen molar-refractivity contribution in [3.63, 3.8) is 0 Å². The van der Waals surface area contributed by atoms with E-state index in [1.165, 1.54) is 24.3 Å². The third kappa shape index (κ3) is 6.37. The van der Waals surface area contributed by atoms with Crippen LogP contribution in [0.5, 0.6) is 0 Å². The molecule has 0 bridgehead atoms. The van der Waals surface area contributed by atoms with Crippen LogP contribution in [0.15, 0.2) is 17.5 Å². The highest BCUT2D eigenvalue weighted by Gasteiger charge is 2.03. The summed E-state index contributed by atoms with van der Waals surface area (Å²) in [6.07, 6.45) is 2.54. The van der Waals surface area contributed by atoms with Crippen LogP contribution in [0.4, 0.5) is 0 Å². The van der Waals surface area contributed by atoms with E-state index in [4.69, 9.17) is 5.11 Å². The van der Waals surface area contributed by atoms with Gasteiger partial charge in [0.2, 0.25) is 11.8 Å². The predicted octanol–water partition coefficient (Wildman–Crippen LogP) is 0.598. The molecule has 1 heterocycles. The SMILES string of the molecule is CC(=O)NCC(=O)NCc1cc(C=CC(=O)O)cs1. The van der Waals surface area contributed by atoms with Gasteiger partial charge in [-0.15, -0.1) is 11.3 Å². The van der Waals surface area contributed by atoms with Crippen molar-refractivity contribution in [3.05, 3.63) is 28.0 Å². The van der Waals surface area contributed by atoms with Crippen molar-refractivity contribution >= 4 is 35.2 Å². The number of nitrogens with one attached hydrogen (secondary N) is 2. The molecule has 0 unspecified atom stereocenters. The second kappa shape index (κ2) is 7.32. The van der Waals surface area contributed by atoms with E-state index in [0.717, 1.165) is 16.5 Å². The van der Waals surface area contributed by atoms with Gasteiger partial charge in [0.15, 0.2) is 0 Å². The Labute approximate surface area is 114 Å². The van der Waals surface area contributed by atoms with Crippen LogP contribution in [-0.4, -0.2) is 29.4 Å². The van der Waals surface area contributed by atoms with Crippen LogP contribution >= 0.6 is 11.3 Å². The topological polar surface area (TPSA) is 95.5 Å². The molecule has 7 heteroatoms. The summed E-state index contributed by atoms with van der Waals surface area (Å²) in [4.78, 5) is 33.2. The monoisotopic (exact) mass is 282 g/mol. The minimum Gasteiger partial charge on any atom is -0.478 e. The summed E-state index contributed by atoms with van der Waals surface area (Å²) in [6, 6.07) is 1.79. The van der Waals surface area contributed by atoms with E-state index in [1.54, 1.807) is 11.4 Å². The van der Waals surface area contributed by atoms with E-state index < -0.39 is 5.97 Å². The van der Waals surface area contributed by atoms with E-state index in [-0.39, 0.29) is 18.4 Å². The summed E-state index contributed by atoms with van der Waals surface area (Å²) in [5, 5.41) is 15.3. The highest BCUT2D eigenvalue weighted by atomic mass is 32.1. The summed E-state index contributed by atoms with van der Waals surface area (Å²) in [5.74, 6) is -1.53. The van der Waals surface area contributed by atoms with Crippen molar-refractivity contribution in [1.82, 2.24) is 10.6 Å². The number of hydrogen-bond donors (Lipinski definition) is 3. The average molecular weight is 282 g/mol. The average Bonchev–Trinajstić information content (AvgIpc) is 2.79. The standard InChI is InChI=1S/C12H14N2O4S/c1-8(15)13-6-11(16)14-5-10-4-9(7-19-10)2-3-12(17)18/h2-4,7H,5-6H2,1H3,(H,13,15)(H,14,16)(H,17,18). The molecule has 19 heavy (non-hydrogen) atoms. The normalized spacial score (nSPS) is 10.4. The van der Waals surface area contributed by atoms with Crippen LogP contribution in [-0.2, 0) is 20.9 Å². The Morgan fingerprint density at radius 1 is 1.37 bits per heavy atom. The summed E-state index contributed by atoms with van der Waals surface area (Å²) >= 11 is 1.42. The first kappa shape index (κ1) is 14.9. The Kier molecular flexibility index (Phi) is 5.74. The Hall–Kier alpha value is -2.15. The van der Waals surface area contributed by atoms with E-state index >= 15 is 0 Å². The Balaban J connectivity index is 2.39. The van der Waals surface area contributed by atoms with Crippen molar-refractivity contribution in [2.45, 2.75) is 13.5 Å². The quantitative estimate of drug-likeness (QED) is 0.666. The van der Waals surface area contributed by atoms with Gasteiger partial charge in [-0.05, 0) is 23.1 Å². The Morgan fingerprint density at radius 3 is 2.74 bits per heavy atom. The smallest absolute Gasteiger partial charge is 0.328 e. The molecule has 0 aliphatic heterocycles. The first-order valence-electron chi connectivity index (χ1n) is 5.47. The highest BCUT2D eigenvalue weighted by molar-refractivity contribution is 7.10. The number of thiophene rings is 1. The molecule has 102 valence electrons. The fourth-order valence-corrected chi connectivity index (χ4v) is 1.99. The van der Waals surface area contributed by atoms with Crippen molar-refractivity contribution in [3.8, 4) is 0 Å². The largest absolute Gasteiger partial charge is 0.478 e. The summed E-state index contributed by atoms with van der Waals surface area (Å²) in [7, 11) is 0. The molecule has 3 N–H and O–H groups in total. The van der Waals surface area contributed by atoms with Crippen LogP contribution in [0.3, 0.4) is 0 Å². The lowest BCUT2D eigenvalue weighted by molar-refractivity contribution is -0.131. The molecule has 0 fully saturated rings. The maximum Gasteiger partial charge on any atom is 0.328 e. The zero-order valence-electron chi connectivity index (χ0n) is 10.3. The molecule has 0 saturated heterocycles. The van der Waals surface area contributed by atoms with Crippen molar-refractivity contribution in [2.75, 3.05) is 6.54 Å². The van der Waals surface area contributed by atoms with Gasteiger partial charge in [-0.25, -0.2) is 4.79 Å². The van der Waals surface area contributed by atoms with Crippen LogP contribution in [0, 0.1) is 0 Å². The number of carbonyl (C=O) groups is 3. The molecule has 1 aromatic heterocycles. The number of amides is 2. The van der Waals surface area contributed by atoms with Gasteiger partial charge < -0.3 is 15.7 Å².